The number of para-hydroxylation sites is 1. The number of nitrogens with zero attached hydrogens (tertiary/aromatic N) is 2. The molecule has 0 amide bonds. The van der Waals surface area contributed by atoms with Crippen molar-refractivity contribution < 1.29 is 37.9 Å². The van der Waals surface area contributed by atoms with Gasteiger partial charge in [0, 0.05) is 36.5 Å². The number of hydrogen-bond donors (Lipinski definition) is 0. The van der Waals surface area contributed by atoms with Crippen molar-refractivity contribution in [3.8, 4) is 11.5 Å². The Morgan fingerprint density at radius 2 is 1.83 bits per heavy atom. The Kier molecular flexibility index (Phi) is 10.7. The van der Waals surface area contributed by atoms with E-state index in [1.165, 1.54) is 23.8 Å². The summed E-state index contributed by atoms with van der Waals surface area (Å²) in [5.74, 6) is -0.939. The fourth-order valence-electron chi connectivity index (χ4n) is 3.12. The van der Waals surface area contributed by atoms with Crippen LogP contribution in [0.1, 0.15) is 23.2 Å². The monoisotopic (exact) mass is 524 g/mol. The maximum Gasteiger partial charge on any atom is 0.347 e. The van der Waals surface area contributed by atoms with Gasteiger partial charge in [-0.05, 0) is 42.8 Å². The van der Waals surface area contributed by atoms with Gasteiger partial charge in [-0.25, -0.2) is 4.79 Å². The Balaban J connectivity index is 1.61. The van der Waals surface area contributed by atoms with Crippen LogP contribution in [0.2, 0.25) is 0 Å². The minimum Gasteiger partial charge on any atom is -0.426 e. The van der Waals surface area contributed by atoms with Gasteiger partial charge in [-0.1, -0.05) is 12.1 Å². The maximum absolute atomic E-state index is 12.8. The maximum atomic E-state index is 12.8. The summed E-state index contributed by atoms with van der Waals surface area (Å²) >= 11 is 1.41. The van der Waals surface area contributed by atoms with Crippen molar-refractivity contribution in [2.24, 2.45) is 0 Å². The number of carbonyl (C=O) groups is 2. The number of benzene rings is 2. The zero-order valence-corrected chi connectivity index (χ0v) is 20.7. The lowest BCUT2D eigenvalue weighted by molar-refractivity contribution is -0.757. The SMILES string of the molecule is COSP(c1ccc(OC(=O)c2ccccc2OC(=O)CCCO[N+](=O)[O-])cc1)N1CCOCC1. The van der Waals surface area contributed by atoms with E-state index in [2.05, 4.69) is 9.51 Å². The summed E-state index contributed by atoms with van der Waals surface area (Å²) in [6.07, 6.45) is -0.00256. The van der Waals surface area contributed by atoms with Gasteiger partial charge in [-0.15, -0.1) is 10.1 Å². The summed E-state index contributed by atoms with van der Waals surface area (Å²) in [5.41, 5.74) is 0.0805. The number of morpholine rings is 1. The van der Waals surface area contributed by atoms with Crippen LogP contribution in [0, 0.1) is 10.1 Å². The molecule has 1 aliphatic heterocycles. The lowest BCUT2D eigenvalue weighted by Gasteiger charge is -2.32. The van der Waals surface area contributed by atoms with Crippen LogP contribution in [-0.2, 0) is 18.6 Å². The molecule has 2 aromatic carbocycles. The van der Waals surface area contributed by atoms with E-state index in [9.17, 15) is 19.7 Å². The Labute approximate surface area is 207 Å². The molecule has 0 spiro atoms. The molecule has 1 atom stereocenters. The second-order valence-corrected chi connectivity index (χ2v) is 10.7. The molecule has 0 aliphatic carbocycles. The molecule has 0 saturated carbocycles. The first kappa shape index (κ1) is 26.8. The Hall–Kier alpha value is -2.76. The molecule has 1 unspecified atom stereocenters. The first-order valence-corrected chi connectivity index (χ1v) is 13.3. The van der Waals surface area contributed by atoms with Crippen LogP contribution in [0.25, 0.3) is 0 Å². The molecule has 188 valence electrons. The molecule has 0 radical (unpaired) electrons. The lowest BCUT2D eigenvalue weighted by Crippen LogP contribution is -2.34. The quantitative estimate of drug-likeness (QED) is 0.0771. The molecule has 13 heteroatoms. The van der Waals surface area contributed by atoms with E-state index < -0.39 is 24.3 Å². The average Bonchev–Trinajstić information content (AvgIpc) is 2.86. The molecular weight excluding hydrogens is 499 g/mol. The highest BCUT2D eigenvalue weighted by Gasteiger charge is 2.24. The van der Waals surface area contributed by atoms with Gasteiger partial charge < -0.3 is 23.2 Å². The van der Waals surface area contributed by atoms with E-state index in [1.54, 1.807) is 31.4 Å². The molecule has 3 rings (SSSR count). The van der Waals surface area contributed by atoms with Crippen molar-refractivity contribution in [1.29, 1.82) is 0 Å². The van der Waals surface area contributed by atoms with Gasteiger partial charge in [0.15, 0.2) is 0 Å². The molecule has 2 aromatic rings. The number of ether oxygens (including phenoxy) is 3. The minimum atomic E-state index is -0.927. The van der Waals surface area contributed by atoms with E-state index in [0.29, 0.717) is 19.0 Å². The standard InChI is InChI=1S/C22H25N2O9PS/c1-29-35-34(23-12-15-30-16-13-23)18-10-8-17(9-11-18)32-22(26)19-5-2-3-6-20(19)33-21(25)7-4-14-31-24(27)28/h2-3,5-6,8-11H,4,7,12-16H2,1H3. The summed E-state index contributed by atoms with van der Waals surface area (Å²) in [4.78, 5) is 39.2. The van der Waals surface area contributed by atoms with Crippen LogP contribution in [0.15, 0.2) is 48.5 Å². The van der Waals surface area contributed by atoms with Gasteiger partial charge in [-0.3, -0.25) is 9.46 Å². The van der Waals surface area contributed by atoms with Crippen LogP contribution in [-0.4, -0.2) is 61.7 Å². The predicted molar refractivity (Wildman–Crippen MR) is 129 cm³/mol. The first-order valence-electron chi connectivity index (χ1n) is 10.7. The highest BCUT2D eigenvalue weighted by Crippen LogP contribution is 2.52. The van der Waals surface area contributed by atoms with Crippen molar-refractivity contribution in [1.82, 2.24) is 4.67 Å². The van der Waals surface area contributed by atoms with Crippen LogP contribution >= 0.6 is 18.9 Å². The molecule has 1 aliphatic rings. The number of hydrogen-bond acceptors (Lipinski definition) is 11. The molecular formula is C22H25N2O9PS. The topological polar surface area (TPSA) is 127 Å². The minimum absolute atomic E-state index is 0.0432. The molecule has 1 saturated heterocycles. The van der Waals surface area contributed by atoms with Gasteiger partial charge in [-0.2, -0.15) is 0 Å². The predicted octanol–water partition coefficient (Wildman–Crippen LogP) is 3.36. The number of esters is 2. The lowest BCUT2D eigenvalue weighted by atomic mass is 10.2. The first-order chi connectivity index (χ1) is 17.0. The molecule has 0 bridgehead atoms. The summed E-state index contributed by atoms with van der Waals surface area (Å²) < 4.78 is 23.9. The van der Waals surface area contributed by atoms with E-state index in [0.717, 1.165) is 18.4 Å². The van der Waals surface area contributed by atoms with Gasteiger partial charge >= 0.3 is 11.9 Å². The fourth-order valence-corrected chi connectivity index (χ4v) is 6.52. The van der Waals surface area contributed by atoms with Crippen molar-refractivity contribution in [2.75, 3.05) is 40.0 Å². The van der Waals surface area contributed by atoms with E-state index in [1.807, 2.05) is 12.1 Å². The average molecular weight is 524 g/mol. The summed E-state index contributed by atoms with van der Waals surface area (Å²) in [6, 6.07) is 13.4. The summed E-state index contributed by atoms with van der Waals surface area (Å²) in [5, 5.41) is 10.3. The van der Waals surface area contributed by atoms with Gasteiger partial charge in [0.2, 0.25) is 0 Å². The number of carbonyl (C=O) groups excluding carboxylic acids is 2. The third-order valence-corrected chi connectivity index (χ3v) is 8.85. The second-order valence-electron chi connectivity index (χ2n) is 7.09. The van der Waals surface area contributed by atoms with Crippen molar-refractivity contribution in [2.45, 2.75) is 12.8 Å². The molecule has 11 nitrogen and oxygen atoms in total. The largest absolute Gasteiger partial charge is 0.426 e. The van der Waals surface area contributed by atoms with Crippen molar-refractivity contribution in [3.63, 3.8) is 0 Å². The zero-order chi connectivity index (χ0) is 25.0. The highest BCUT2D eigenvalue weighted by molar-refractivity contribution is 8.54. The van der Waals surface area contributed by atoms with Gasteiger partial charge in [0.1, 0.15) is 17.1 Å². The van der Waals surface area contributed by atoms with E-state index in [4.69, 9.17) is 18.4 Å². The van der Waals surface area contributed by atoms with Crippen LogP contribution in [0.3, 0.4) is 0 Å². The van der Waals surface area contributed by atoms with E-state index >= 15 is 0 Å². The van der Waals surface area contributed by atoms with Crippen molar-refractivity contribution >= 4 is 36.2 Å². The van der Waals surface area contributed by atoms with E-state index in [-0.39, 0.29) is 30.8 Å². The van der Waals surface area contributed by atoms with Crippen molar-refractivity contribution in [3.05, 3.63) is 64.2 Å². The van der Waals surface area contributed by atoms with Gasteiger partial charge in [0.05, 0.1) is 34.2 Å². The molecule has 35 heavy (non-hydrogen) atoms. The number of rotatable bonds is 12. The zero-order valence-electron chi connectivity index (χ0n) is 19.0. The summed E-state index contributed by atoms with van der Waals surface area (Å²) in [7, 11) is 0.868. The van der Waals surface area contributed by atoms with Gasteiger partial charge in [0.25, 0.3) is 5.09 Å². The van der Waals surface area contributed by atoms with Crippen LogP contribution in [0.5, 0.6) is 11.5 Å². The van der Waals surface area contributed by atoms with Crippen LogP contribution < -0.4 is 14.8 Å². The summed E-state index contributed by atoms with van der Waals surface area (Å²) in [6.45, 7) is 2.76. The molecule has 1 heterocycles. The normalized spacial score (nSPS) is 14.7. The Morgan fingerprint density at radius 3 is 2.51 bits per heavy atom. The molecule has 0 N–H and O–H groups in total. The second kappa shape index (κ2) is 14.0. The molecule has 0 aromatic heterocycles. The Morgan fingerprint density at radius 1 is 1.11 bits per heavy atom. The third kappa shape index (κ3) is 8.44. The smallest absolute Gasteiger partial charge is 0.347 e. The third-order valence-electron chi connectivity index (χ3n) is 4.71. The Bertz CT molecular complexity index is 1000. The fraction of sp³-hybridized carbons (Fsp3) is 0.364. The molecule has 1 fully saturated rings. The van der Waals surface area contributed by atoms with Crippen LogP contribution in [0.4, 0.5) is 0 Å². The highest BCUT2D eigenvalue weighted by atomic mass is 32.7.